The Morgan fingerprint density at radius 1 is 1.00 bits per heavy atom. The van der Waals surface area contributed by atoms with Gasteiger partial charge < -0.3 is 5.73 Å². The van der Waals surface area contributed by atoms with E-state index in [1.165, 1.54) is 51.4 Å². The summed E-state index contributed by atoms with van der Waals surface area (Å²) in [5.74, 6) is 0. The maximum absolute atomic E-state index is 5.84. The Morgan fingerprint density at radius 2 is 1.53 bits per heavy atom. The molecule has 0 radical (unpaired) electrons. The van der Waals surface area contributed by atoms with E-state index in [0.717, 1.165) is 18.6 Å². The monoisotopic (exact) mass is 210 g/mol. The third-order valence-electron chi connectivity index (χ3n) is 4.06. The van der Waals surface area contributed by atoms with Crippen molar-refractivity contribution in [1.29, 1.82) is 0 Å². The lowest BCUT2D eigenvalue weighted by molar-refractivity contribution is 0.123. The minimum Gasteiger partial charge on any atom is -0.329 e. The van der Waals surface area contributed by atoms with Crippen molar-refractivity contribution in [3.63, 3.8) is 0 Å². The van der Waals surface area contributed by atoms with Gasteiger partial charge in [0, 0.05) is 24.7 Å². The second-order valence-electron chi connectivity index (χ2n) is 5.41. The lowest BCUT2D eigenvalue weighted by atomic mass is 10.0. The Hall–Kier alpha value is -0.0800. The van der Waals surface area contributed by atoms with Crippen LogP contribution in [-0.4, -0.2) is 29.6 Å². The molecule has 0 amide bonds. The molecule has 2 aliphatic rings. The predicted octanol–water partition coefficient (Wildman–Crippen LogP) is 2.52. The largest absolute Gasteiger partial charge is 0.329 e. The third kappa shape index (κ3) is 2.94. The number of hydrogen-bond donors (Lipinski definition) is 1. The maximum atomic E-state index is 5.84. The molecule has 2 saturated carbocycles. The van der Waals surface area contributed by atoms with Gasteiger partial charge in [-0.2, -0.15) is 0 Å². The number of nitrogens with zero attached hydrogens (tertiary/aromatic N) is 1. The van der Waals surface area contributed by atoms with Gasteiger partial charge >= 0.3 is 0 Å². The van der Waals surface area contributed by atoms with Crippen LogP contribution in [0.25, 0.3) is 0 Å². The van der Waals surface area contributed by atoms with Crippen LogP contribution in [0.3, 0.4) is 0 Å². The molecule has 0 aromatic carbocycles. The molecular formula is C13H26N2. The van der Waals surface area contributed by atoms with Crippen LogP contribution < -0.4 is 5.73 Å². The van der Waals surface area contributed by atoms with Crippen LogP contribution in [0.4, 0.5) is 0 Å². The van der Waals surface area contributed by atoms with Crippen molar-refractivity contribution in [2.75, 3.05) is 6.54 Å². The molecule has 0 spiro atoms. The molecule has 15 heavy (non-hydrogen) atoms. The van der Waals surface area contributed by atoms with E-state index in [2.05, 4.69) is 11.8 Å². The van der Waals surface area contributed by atoms with Crippen LogP contribution in [0.1, 0.15) is 58.3 Å². The summed E-state index contributed by atoms with van der Waals surface area (Å²) < 4.78 is 0. The minimum absolute atomic E-state index is 0.598. The molecule has 0 aliphatic heterocycles. The van der Waals surface area contributed by atoms with Crippen LogP contribution in [0.2, 0.25) is 0 Å². The Morgan fingerprint density at radius 3 is 2.00 bits per heavy atom. The van der Waals surface area contributed by atoms with Crippen molar-refractivity contribution >= 4 is 0 Å². The van der Waals surface area contributed by atoms with Gasteiger partial charge in [-0.3, -0.25) is 4.90 Å². The summed E-state index contributed by atoms with van der Waals surface area (Å²) in [5, 5.41) is 0. The first-order valence-corrected chi connectivity index (χ1v) is 6.80. The molecule has 2 nitrogen and oxygen atoms in total. The Balaban J connectivity index is 1.95. The molecular weight excluding hydrogens is 184 g/mol. The molecule has 1 atom stereocenters. The SMILES string of the molecule is CC(CN)N(C1CCCCCC1)C1CC1. The highest BCUT2D eigenvalue weighted by Gasteiger charge is 2.36. The van der Waals surface area contributed by atoms with Crippen LogP contribution in [0.5, 0.6) is 0 Å². The average molecular weight is 210 g/mol. The van der Waals surface area contributed by atoms with Crippen molar-refractivity contribution < 1.29 is 0 Å². The van der Waals surface area contributed by atoms with Crippen LogP contribution >= 0.6 is 0 Å². The van der Waals surface area contributed by atoms with E-state index >= 15 is 0 Å². The first kappa shape index (κ1) is 11.4. The molecule has 0 aromatic heterocycles. The van der Waals surface area contributed by atoms with Gasteiger partial charge in [0.1, 0.15) is 0 Å². The lowest BCUT2D eigenvalue weighted by Gasteiger charge is -2.36. The second kappa shape index (κ2) is 5.31. The van der Waals surface area contributed by atoms with E-state index in [-0.39, 0.29) is 0 Å². The lowest BCUT2D eigenvalue weighted by Crippen LogP contribution is -2.46. The molecule has 2 N–H and O–H groups in total. The fourth-order valence-corrected chi connectivity index (χ4v) is 3.07. The van der Waals surface area contributed by atoms with Gasteiger partial charge in [-0.15, -0.1) is 0 Å². The number of hydrogen-bond acceptors (Lipinski definition) is 2. The number of rotatable bonds is 4. The van der Waals surface area contributed by atoms with E-state index in [1.54, 1.807) is 0 Å². The first-order chi connectivity index (χ1) is 7.33. The zero-order valence-corrected chi connectivity index (χ0v) is 10.1. The van der Waals surface area contributed by atoms with Crippen molar-refractivity contribution in [3.8, 4) is 0 Å². The Kier molecular flexibility index (Phi) is 4.04. The molecule has 88 valence electrons. The summed E-state index contributed by atoms with van der Waals surface area (Å²) in [5.41, 5.74) is 5.84. The molecule has 0 heterocycles. The minimum atomic E-state index is 0.598. The highest BCUT2D eigenvalue weighted by molar-refractivity contribution is 4.92. The van der Waals surface area contributed by atoms with Gasteiger partial charge in [-0.25, -0.2) is 0 Å². The van der Waals surface area contributed by atoms with Crippen molar-refractivity contribution in [2.45, 2.75) is 76.4 Å². The Bertz CT molecular complexity index is 181. The zero-order valence-electron chi connectivity index (χ0n) is 10.1. The fraction of sp³-hybridized carbons (Fsp3) is 1.00. The summed E-state index contributed by atoms with van der Waals surface area (Å²) in [7, 11) is 0. The van der Waals surface area contributed by atoms with E-state index in [9.17, 15) is 0 Å². The molecule has 1 unspecified atom stereocenters. The zero-order chi connectivity index (χ0) is 10.7. The van der Waals surface area contributed by atoms with Gasteiger partial charge in [0.25, 0.3) is 0 Å². The summed E-state index contributed by atoms with van der Waals surface area (Å²) in [6.45, 7) is 3.14. The smallest absolute Gasteiger partial charge is 0.0195 e. The molecule has 0 aromatic rings. The normalized spacial score (nSPS) is 26.6. The van der Waals surface area contributed by atoms with Gasteiger partial charge in [-0.1, -0.05) is 25.7 Å². The molecule has 2 fully saturated rings. The summed E-state index contributed by atoms with van der Waals surface area (Å²) >= 11 is 0. The van der Waals surface area contributed by atoms with Gasteiger partial charge in [0.2, 0.25) is 0 Å². The van der Waals surface area contributed by atoms with Crippen LogP contribution in [0, 0.1) is 0 Å². The molecule has 0 bridgehead atoms. The van der Waals surface area contributed by atoms with Gasteiger partial charge in [0.05, 0.1) is 0 Å². The topological polar surface area (TPSA) is 29.3 Å². The standard InChI is InChI=1S/C13H26N2/c1-11(10-14)15(13-8-9-13)12-6-4-2-3-5-7-12/h11-13H,2-10,14H2,1H3. The molecule has 2 aliphatic carbocycles. The highest BCUT2D eigenvalue weighted by Crippen LogP contribution is 2.34. The average Bonchev–Trinajstić information content (AvgIpc) is 3.05. The summed E-state index contributed by atoms with van der Waals surface area (Å²) in [6, 6.07) is 2.32. The van der Waals surface area contributed by atoms with Gasteiger partial charge in [-0.05, 0) is 32.6 Å². The predicted molar refractivity (Wildman–Crippen MR) is 64.9 cm³/mol. The van der Waals surface area contributed by atoms with Crippen LogP contribution in [0.15, 0.2) is 0 Å². The van der Waals surface area contributed by atoms with Crippen molar-refractivity contribution in [1.82, 2.24) is 4.90 Å². The van der Waals surface area contributed by atoms with E-state index in [0.29, 0.717) is 6.04 Å². The van der Waals surface area contributed by atoms with E-state index in [1.807, 2.05) is 0 Å². The van der Waals surface area contributed by atoms with Crippen LogP contribution in [-0.2, 0) is 0 Å². The van der Waals surface area contributed by atoms with Crippen molar-refractivity contribution in [2.24, 2.45) is 5.73 Å². The maximum Gasteiger partial charge on any atom is 0.0195 e. The van der Waals surface area contributed by atoms with E-state index < -0.39 is 0 Å². The quantitative estimate of drug-likeness (QED) is 0.722. The van der Waals surface area contributed by atoms with E-state index in [4.69, 9.17) is 5.73 Å². The van der Waals surface area contributed by atoms with Gasteiger partial charge in [0.15, 0.2) is 0 Å². The third-order valence-corrected chi connectivity index (χ3v) is 4.06. The first-order valence-electron chi connectivity index (χ1n) is 6.80. The fourth-order valence-electron chi connectivity index (χ4n) is 3.07. The Labute approximate surface area is 94.2 Å². The summed E-state index contributed by atoms with van der Waals surface area (Å²) in [4.78, 5) is 2.76. The highest BCUT2D eigenvalue weighted by atomic mass is 15.2. The molecule has 0 saturated heterocycles. The summed E-state index contributed by atoms with van der Waals surface area (Å²) in [6.07, 6.45) is 11.4. The molecule has 2 heteroatoms. The number of nitrogens with two attached hydrogens (primary N) is 1. The molecule has 2 rings (SSSR count). The van der Waals surface area contributed by atoms with Crippen molar-refractivity contribution in [3.05, 3.63) is 0 Å². The second-order valence-corrected chi connectivity index (χ2v) is 5.41.